The van der Waals surface area contributed by atoms with Crippen LogP contribution in [0.4, 0.5) is 5.69 Å². The standard InChI is InChI=1S/C18H13N3O2.C17H11N3O2.C13H10N4O2.C12H7N3O3.C11H6IN3O/c19-10-16-17(20-12-21-18(16)22)14-6-8-15(9-7-14)23-11-13-4-2-1-3-5-13;18-10-15-16(19-11-20-17(15)21)12-5-4-8-14(9-12)22-13-6-2-1-3-7-13;1-8(18)17-10-4-2-9(3-5-10)12-11(6-14)13(19)16-7-15-12;13-4-8-11(14-5-15-12(8)16)7-1-2-9-10(3-7)18-6-17-9;12-8-3-1-7(2-4-8)10-9(5-13)11(16)15-6-14-10/h1-9,12H,11H2,(H,20,21,22);1-9,11H,(H,19,20,21);2-5,7H,1H3,(H,17,18)(H,15,16,19);1-3,5H,6H2,(H,14,15,16);1-4,6H,(H,14,15,16). The third kappa shape index (κ3) is 17.7. The van der Waals surface area contributed by atoms with Crippen LogP contribution in [0, 0.1) is 60.2 Å². The Labute approximate surface area is 568 Å². The minimum Gasteiger partial charge on any atom is -0.489 e. The highest BCUT2D eigenvalue weighted by atomic mass is 127. The van der Waals surface area contributed by atoms with Crippen LogP contribution in [0.25, 0.3) is 56.3 Å². The number of fused-ring (bicyclic) bond motifs is 1. The number of carbonyl (C=O) groups excluding carboxylic acids is 1. The monoisotopic (exact) mass is 1410 g/mol. The molecule has 7 aromatic carbocycles. The quantitative estimate of drug-likeness (QED) is 0.0655. The highest BCUT2D eigenvalue weighted by molar-refractivity contribution is 14.1. The number of aromatic amines is 5. The summed E-state index contributed by atoms with van der Waals surface area (Å²) in [6, 6.07) is 62.2. The maximum atomic E-state index is 11.7. The molecule has 1 aliphatic rings. The predicted octanol–water partition coefficient (Wildman–Crippen LogP) is 10.2. The zero-order valence-electron chi connectivity index (χ0n) is 51.0. The summed E-state index contributed by atoms with van der Waals surface area (Å²) in [4.78, 5) is 101. The van der Waals surface area contributed by atoms with Gasteiger partial charge in [-0.1, -0.05) is 84.9 Å². The van der Waals surface area contributed by atoms with Gasteiger partial charge in [-0.25, -0.2) is 24.9 Å². The fraction of sp³-hybridized carbons (Fsp3) is 0.0423. The maximum absolute atomic E-state index is 11.7. The second-order valence-electron chi connectivity index (χ2n) is 19.9. The number of nitriles is 5. The van der Waals surface area contributed by atoms with Crippen LogP contribution in [0.5, 0.6) is 28.7 Å². The summed E-state index contributed by atoms with van der Waals surface area (Å²) < 4.78 is 23.0. The fourth-order valence-electron chi connectivity index (χ4n) is 8.96. The molecule has 26 nitrogen and oxygen atoms in total. The average Bonchev–Trinajstić information content (AvgIpc) is 1.44. The molecule has 0 fully saturated rings. The van der Waals surface area contributed by atoms with Crippen molar-refractivity contribution in [2.24, 2.45) is 0 Å². The first kappa shape index (κ1) is 68.2. The maximum Gasteiger partial charge on any atom is 0.269 e. The Morgan fingerprint density at radius 3 is 1.26 bits per heavy atom. The van der Waals surface area contributed by atoms with Crippen molar-refractivity contribution in [3.63, 3.8) is 0 Å². The van der Waals surface area contributed by atoms with Crippen LogP contribution < -0.4 is 52.1 Å². The number of halogens is 1. The molecule has 13 rings (SSSR count). The summed E-state index contributed by atoms with van der Waals surface area (Å²) in [7, 11) is 0. The van der Waals surface area contributed by atoms with Gasteiger partial charge in [-0.05, 0) is 119 Å². The molecule has 0 aliphatic carbocycles. The summed E-state index contributed by atoms with van der Waals surface area (Å²) in [5, 5.41) is 47.7. The summed E-state index contributed by atoms with van der Waals surface area (Å²) in [6.07, 6.45) is 6.39. The molecule has 0 unspecified atom stereocenters. The van der Waals surface area contributed by atoms with E-state index in [1.165, 1.54) is 38.6 Å². The molecule has 0 atom stereocenters. The number of benzene rings is 7. The Morgan fingerprint density at radius 1 is 0.439 bits per heavy atom. The third-order valence-corrected chi connectivity index (χ3v) is 14.2. The number of aromatic nitrogens is 10. The lowest BCUT2D eigenvalue weighted by molar-refractivity contribution is -0.114. The first-order chi connectivity index (χ1) is 47.7. The van der Waals surface area contributed by atoms with E-state index in [0.717, 1.165) is 14.7 Å². The van der Waals surface area contributed by atoms with E-state index in [4.69, 9.17) is 45.3 Å². The number of rotatable bonds is 11. The van der Waals surface area contributed by atoms with Gasteiger partial charge in [0.2, 0.25) is 12.7 Å². The zero-order chi connectivity index (χ0) is 69.3. The van der Waals surface area contributed by atoms with Gasteiger partial charge in [-0.2, -0.15) is 26.3 Å². The van der Waals surface area contributed by atoms with E-state index < -0.39 is 27.8 Å². The molecule has 0 bridgehead atoms. The van der Waals surface area contributed by atoms with Crippen molar-refractivity contribution < 1.29 is 23.7 Å². The third-order valence-electron chi connectivity index (χ3n) is 13.5. The van der Waals surface area contributed by atoms with Crippen molar-refractivity contribution >= 4 is 34.2 Å². The Morgan fingerprint density at radius 2 is 0.816 bits per heavy atom. The summed E-state index contributed by atoms with van der Waals surface area (Å²) in [6.45, 7) is 2.07. The zero-order valence-corrected chi connectivity index (χ0v) is 53.1. The molecule has 6 heterocycles. The number of H-pyrrole nitrogens is 5. The fourth-order valence-corrected chi connectivity index (χ4v) is 9.32. The molecule has 0 saturated heterocycles. The van der Waals surface area contributed by atoms with Gasteiger partial charge in [0.25, 0.3) is 27.8 Å². The van der Waals surface area contributed by atoms with Gasteiger partial charge in [0, 0.05) is 44.0 Å². The average molecular weight is 1410 g/mol. The van der Waals surface area contributed by atoms with Crippen LogP contribution in [0.2, 0.25) is 0 Å². The molecular weight excluding hydrogens is 1360 g/mol. The van der Waals surface area contributed by atoms with Gasteiger partial charge in [-0.15, -0.1) is 0 Å². The number of anilines is 1. The molecule has 27 heteroatoms. The molecule has 12 aromatic rings. The topological polar surface area (TPSA) is 414 Å². The van der Waals surface area contributed by atoms with Gasteiger partial charge in [-0.3, -0.25) is 28.8 Å². The van der Waals surface area contributed by atoms with E-state index in [0.29, 0.717) is 91.8 Å². The molecule has 1 aliphatic heterocycles. The van der Waals surface area contributed by atoms with Crippen molar-refractivity contribution in [1.82, 2.24) is 49.8 Å². The van der Waals surface area contributed by atoms with Crippen LogP contribution >= 0.6 is 22.6 Å². The number of para-hydroxylation sites is 1. The first-order valence-corrected chi connectivity index (χ1v) is 29.8. The van der Waals surface area contributed by atoms with Gasteiger partial charge >= 0.3 is 0 Å². The molecular formula is C71H47IN16O10. The van der Waals surface area contributed by atoms with E-state index in [2.05, 4.69) is 77.7 Å². The SMILES string of the molecule is CC(=O)Nc1ccc(-c2nc[nH]c(=O)c2C#N)cc1.N#Cc1c(-c2ccc(I)cc2)nc[nH]c1=O.N#Cc1c(-c2ccc(OCc3ccccc3)cc2)nc[nH]c1=O.N#Cc1c(-c2ccc3c(c2)OCO3)nc[nH]c1=O.N#Cc1c(-c2cccc(Oc3ccccc3)c2)nc[nH]c1=O. The van der Waals surface area contributed by atoms with Gasteiger partial charge < -0.3 is 49.2 Å². The molecule has 6 N–H and O–H groups in total. The first-order valence-electron chi connectivity index (χ1n) is 28.7. The van der Waals surface area contributed by atoms with Crippen molar-refractivity contribution in [3.05, 3.63) is 296 Å². The van der Waals surface area contributed by atoms with Crippen LogP contribution in [0.1, 0.15) is 40.3 Å². The number of hydrogen-bond acceptors (Lipinski definition) is 20. The Balaban J connectivity index is 0.000000144. The van der Waals surface area contributed by atoms with Crippen molar-refractivity contribution in [2.75, 3.05) is 12.1 Å². The highest BCUT2D eigenvalue weighted by Gasteiger charge is 2.19. The smallest absolute Gasteiger partial charge is 0.269 e. The number of amides is 1. The van der Waals surface area contributed by atoms with Gasteiger partial charge in [0.1, 0.15) is 82.0 Å². The number of carbonyl (C=O) groups is 1. The van der Waals surface area contributed by atoms with Crippen molar-refractivity contribution in [3.8, 4) is 115 Å². The molecule has 0 radical (unpaired) electrons. The van der Waals surface area contributed by atoms with Crippen LogP contribution in [-0.4, -0.2) is 62.5 Å². The highest BCUT2D eigenvalue weighted by Crippen LogP contribution is 2.36. The van der Waals surface area contributed by atoms with Crippen molar-refractivity contribution in [2.45, 2.75) is 13.5 Å². The lowest BCUT2D eigenvalue weighted by Gasteiger charge is -2.07. The van der Waals surface area contributed by atoms with Crippen molar-refractivity contribution in [1.29, 1.82) is 26.3 Å². The predicted molar refractivity (Wildman–Crippen MR) is 365 cm³/mol. The van der Waals surface area contributed by atoms with Crippen LogP contribution in [-0.2, 0) is 11.4 Å². The molecule has 1 amide bonds. The summed E-state index contributed by atoms with van der Waals surface area (Å²) >= 11 is 2.19. The molecule has 5 aromatic heterocycles. The molecule has 478 valence electrons. The number of hydrogen-bond donors (Lipinski definition) is 6. The van der Waals surface area contributed by atoms with Gasteiger partial charge in [0.15, 0.2) is 11.5 Å². The minimum absolute atomic E-state index is 0.00505. The molecule has 0 saturated carbocycles. The van der Waals surface area contributed by atoms with E-state index in [9.17, 15) is 28.8 Å². The molecule has 0 spiro atoms. The second kappa shape index (κ2) is 33.4. The van der Waals surface area contributed by atoms with E-state index in [1.54, 1.807) is 91.0 Å². The van der Waals surface area contributed by atoms with Crippen LogP contribution in [0.3, 0.4) is 0 Å². The van der Waals surface area contributed by atoms with Crippen LogP contribution in [0.15, 0.2) is 232 Å². The van der Waals surface area contributed by atoms with E-state index >= 15 is 0 Å². The largest absolute Gasteiger partial charge is 0.489 e. The van der Waals surface area contributed by atoms with Gasteiger partial charge in [0.05, 0.1) is 60.1 Å². The summed E-state index contributed by atoms with van der Waals surface area (Å²) in [5.74, 6) is 3.08. The number of nitrogens with one attached hydrogen (secondary N) is 6. The minimum atomic E-state index is -0.474. The Bertz CT molecular complexity index is 5380. The van der Waals surface area contributed by atoms with E-state index in [-0.39, 0.29) is 40.5 Å². The normalized spacial score (nSPS) is 10.3. The summed E-state index contributed by atoms with van der Waals surface area (Å²) in [5.41, 5.74) is 4.63. The second-order valence-corrected chi connectivity index (χ2v) is 21.2. The number of ether oxygens (including phenoxy) is 4. The lowest BCUT2D eigenvalue weighted by atomic mass is 10.1. The Hall–Kier alpha value is -14.2. The number of nitrogens with zero attached hydrogens (tertiary/aromatic N) is 10. The van der Waals surface area contributed by atoms with E-state index in [1.807, 2.05) is 115 Å². The molecule has 98 heavy (non-hydrogen) atoms. The Kier molecular flexibility index (Phi) is 23.2. The lowest BCUT2D eigenvalue weighted by Crippen LogP contribution is -2.12.